The molecule has 66 valence electrons. The van der Waals surface area contributed by atoms with Gasteiger partial charge in [-0.3, -0.25) is 0 Å². The van der Waals surface area contributed by atoms with Crippen LogP contribution in [0.4, 0.5) is 0 Å². The Labute approximate surface area is 71.9 Å². The van der Waals surface area contributed by atoms with Crippen LogP contribution in [0, 0.1) is 11.3 Å². The Morgan fingerprint density at radius 3 is 2.83 bits per heavy atom. The predicted molar refractivity (Wildman–Crippen MR) is 45.6 cm³/mol. The highest BCUT2D eigenvalue weighted by Crippen LogP contribution is 2.63. The molecule has 12 heavy (non-hydrogen) atoms. The molecule has 1 aromatic rings. The highest BCUT2D eigenvalue weighted by Gasteiger charge is 2.58. The van der Waals surface area contributed by atoms with Crippen molar-refractivity contribution in [2.24, 2.45) is 17.1 Å². The van der Waals surface area contributed by atoms with Gasteiger partial charge in [-0.25, -0.2) is 0 Å². The number of nitrogens with zero attached hydrogens (tertiary/aromatic N) is 1. The molecule has 1 heterocycles. The van der Waals surface area contributed by atoms with E-state index in [4.69, 9.17) is 10.3 Å². The monoisotopic (exact) mass is 166 g/mol. The van der Waals surface area contributed by atoms with Crippen molar-refractivity contribution >= 4 is 0 Å². The van der Waals surface area contributed by atoms with E-state index in [0.717, 1.165) is 12.2 Å². The Morgan fingerprint density at radius 2 is 2.42 bits per heavy atom. The molecule has 2 N–H and O–H groups in total. The second-order valence-electron chi connectivity index (χ2n) is 4.07. The zero-order valence-electron chi connectivity index (χ0n) is 7.45. The van der Waals surface area contributed by atoms with Gasteiger partial charge < -0.3 is 10.3 Å². The molecule has 0 spiro atoms. The minimum atomic E-state index is 0.311. The Bertz CT molecular complexity index is 266. The summed E-state index contributed by atoms with van der Waals surface area (Å²) in [4.78, 5) is 0. The third-order valence-corrected chi connectivity index (χ3v) is 3.08. The summed E-state index contributed by atoms with van der Waals surface area (Å²) >= 11 is 0. The van der Waals surface area contributed by atoms with Gasteiger partial charge in [-0.15, -0.1) is 0 Å². The minimum Gasteiger partial charge on any atom is -0.365 e. The molecule has 1 aliphatic rings. The highest BCUT2D eigenvalue weighted by molar-refractivity contribution is 5.24. The lowest BCUT2D eigenvalue weighted by Gasteiger charge is -1.97. The van der Waals surface area contributed by atoms with Gasteiger partial charge in [-0.1, -0.05) is 19.0 Å². The van der Waals surface area contributed by atoms with Gasteiger partial charge in [0.05, 0.1) is 5.69 Å². The minimum absolute atomic E-state index is 0.311. The van der Waals surface area contributed by atoms with E-state index in [9.17, 15) is 0 Å². The zero-order valence-corrected chi connectivity index (χ0v) is 7.45. The molecule has 3 heteroatoms. The lowest BCUT2D eigenvalue weighted by molar-refractivity contribution is 0.408. The maximum absolute atomic E-state index is 5.65. The largest absolute Gasteiger partial charge is 0.365 e. The number of hydrogen-bond acceptors (Lipinski definition) is 3. The summed E-state index contributed by atoms with van der Waals surface area (Å²) in [6, 6.07) is 1.93. The van der Waals surface area contributed by atoms with E-state index in [1.165, 1.54) is 0 Å². The van der Waals surface area contributed by atoms with Crippen molar-refractivity contribution in [1.29, 1.82) is 0 Å². The fraction of sp³-hybridized carbons (Fsp3) is 0.667. The van der Waals surface area contributed by atoms with Crippen LogP contribution in [-0.4, -0.2) is 11.7 Å². The van der Waals surface area contributed by atoms with E-state index in [1.54, 1.807) is 6.26 Å². The van der Waals surface area contributed by atoms with E-state index in [2.05, 4.69) is 19.0 Å². The van der Waals surface area contributed by atoms with Crippen LogP contribution >= 0.6 is 0 Å². The van der Waals surface area contributed by atoms with Crippen LogP contribution in [0.15, 0.2) is 16.9 Å². The molecule has 2 atom stereocenters. The first-order chi connectivity index (χ1) is 5.68. The molecule has 1 fully saturated rings. The second-order valence-corrected chi connectivity index (χ2v) is 4.07. The van der Waals surface area contributed by atoms with Gasteiger partial charge in [0, 0.05) is 12.0 Å². The van der Waals surface area contributed by atoms with Crippen molar-refractivity contribution in [2.45, 2.75) is 19.8 Å². The van der Waals surface area contributed by atoms with Gasteiger partial charge in [-0.05, 0) is 17.9 Å². The smallest absolute Gasteiger partial charge is 0.124 e. The van der Waals surface area contributed by atoms with E-state index in [0.29, 0.717) is 17.3 Å². The van der Waals surface area contributed by atoms with Crippen molar-refractivity contribution in [3.8, 4) is 0 Å². The van der Waals surface area contributed by atoms with Crippen LogP contribution in [0.5, 0.6) is 0 Å². The van der Waals surface area contributed by atoms with Gasteiger partial charge in [0.1, 0.15) is 6.26 Å². The molecule has 0 saturated heterocycles. The molecular weight excluding hydrogens is 152 g/mol. The summed E-state index contributed by atoms with van der Waals surface area (Å²) in [7, 11) is 0. The van der Waals surface area contributed by atoms with E-state index in [-0.39, 0.29) is 0 Å². The zero-order chi connectivity index (χ0) is 8.77. The summed E-state index contributed by atoms with van der Waals surface area (Å²) in [5.41, 5.74) is 7.01. The molecule has 0 aromatic carbocycles. The van der Waals surface area contributed by atoms with Crippen LogP contribution < -0.4 is 5.73 Å². The van der Waals surface area contributed by atoms with Crippen molar-refractivity contribution in [2.75, 3.05) is 6.54 Å². The van der Waals surface area contributed by atoms with Crippen molar-refractivity contribution < 1.29 is 4.52 Å². The molecule has 2 rings (SSSR count). The van der Waals surface area contributed by atoms with Gasteiger partial charge in [0.2, 0.25) is 0 Å². The first-order valence-electron chi connectivity index (χ1n) is 4.28. The maximum Gasteiger partial charge on any atom is 0.124 e. The maximum atomic E-state index is 5.65. The molecule has 0 bridgehead atoms. The van der Waals surface area contributed by atoms with E-state index in [1.807, 2.05) is 6.07 Å². The van der Waals surface area contributed by atoms with E-state index >= 15 is 0 Å². The van der Waals surface area contributed by atoms with Crippen LogP contribution in [0.3, 0.4) is 0 Å². The molecule has 0 amide bonds. The lowest BCUT2D eigenvalue weighted by atomic mass is 10.1. The van der Waals surface area contributed by atoms with Crippen LogP contribution in [0.2, 0.25) is 0 Å². The second kappa shape index (κ2) is 2.33. The number of nitrogens with two attached hydrogens (primary N) is 1. The highest BCUT2D eigenvalue weighted by atomic mass is 16.5. The van der Waals surface area contributed by atoms with E-state index < -0.39 is 0 Å². The van der Waals surface area contributed by atoms with Gasteiger partial charge in [0.25, 0.3) is 0 Å². The fourth-order valence-electron chi connectivity index (χ4n) is 2.15. The van der Waals surface area contributed by atoms with Crippen molar-refractivity contribution in [1.82, 2.24) is 5.16 Å². The summed E-state index contributed by atoms with van der Waals surface area (Å²) < 4.78 is 4.81. The number of hydrogen-bond donors (Lipinski definition) is 1. The Kier molecular flexibility index (Phi) is 1.51. The fourth-order valence-corrected chi connectivity index (χ4v) is 2.15. The summed E-state index contributed by atoms with van der Waals surface area (Å²) in [6.07, 6.45) is 1.62. The Balaban J connectivity index is 2.19. The van der Waals surface area contributed by atoms with Crippen LogP contribution in [0.25, 0.3) is 0 Å². The average Bonchev–Trinajstić information content (AvgIpc) is 2.50. The molecular formula is C9H14N2O. The molecule has 3 nitrogen and oxygen atoms in total. The summed E-state index contributed by atoms with van der Waals surface area (Å²) in [5.74, 6) is 1.07. The molecule has 0 unspecified atom stereocenters. The topological polar surface area (TPSA) is 52.0 Å². The molecule has 1 aromatic heterocycles. The average molecular weight is 166 g/mol. The normalized spacial score (nSPS) is 31.9. The molecule has 0 aliphatic heterocycles. The van der Waals surface area contributed by atoms with Gasteiger partial charge in [-0.2, -0.15) is 0 Å². The van der Waals surface area contributed by atoms with Crippen LogP contribution in [-0.2, 0) is 0 Å². The quantitative estimate of drug-likeness (QED) is 0.722. The first-order valence-corrected chi connectivity index (χ1v) is 4.28. The summed E-state index contributed by atoms with van der Waals surface area (Å²) in [5, 5.41) is 3.94. The molecule has 1 saturated carbocycles. The van der Waals surface area contributed by atoms with Crippen LogP contribution in [0.1, 0.15) is 25.5 Å². The third-order valence-electron chi connectivity index (χ3n) is 3.08. The lowest BCUT2D eigenvalue weighted by Crippen LogP contribution is -2.05. The predicted octanol–water partition coefficient (Wildman–Crippen LogP) is 1.37. The van der Waals surface area contributed by atoms with Gasteiger partial charge >= 0.3 is 0 Å². The molecule has 1 aliphatic carbocycles. The summed E-state index contributed by atoms with van der Waals surface area (Å²) in [6.45, 7) is 5.19. The standard InChI is InChI=1S/C9H14N2O/c1-9(2)6(5-10)8(9)7-3-4-12-11-7/h3-4,6,8H,5,10H2,1-2H3/t6-,8+/m1/s1. The third kappa shape index (κ3) is 0.894. The number of aromatic nitrogens is 1. The Hall–Kier alpha value is -0.830. The van der Waals surface area contributed by atoms with Crippen molar-refractivity contribution in [3.05, 3.63) is 18.0 Å². The Morgan fingerprint density at radius 1 is 1.67 bits per heavy atom. The first kappa shape index (κ1) is 7.80. The van der Waals surface area contributed by atoms with Crippen molar-refractivity contribution in [3.63, 3.8) is 0 Å². The SMILES string of the molecule is CC1(C)[C@H](CN)[C@H]1c1ccon1. The number of rotatable bonds is 2. The molecule has 0 radical (unpaired) electrons. The van der Waals surface area contributed by atoms with Gasteiger partial charge in [0.15, 0.2) is 0 Å².